The third-order valence-corrected chi connectivity index (χ3v) is 6.64. The summed E-state index contributed by atoms with van der Waals surface area (Å²) in [6.07, 6.45) is 2.55. The minimum Gasteiger partial charge on any atom is -0.299 e. The summed E-state index contributed by atoms with van der Waals surface area (Å²) >= 11 is 0. The predicted molar refractivity (Wildman–Crippen MR) is 106 cm³/mol. The molecule has 0 bridgehead atoms. The first kappa shape index (κ1) is 19.1. The number of rotatable bonds is 6. The van der Waals surface area contributed by atoms with Crippen LogP contribution in [0.3, 0.4) is 0 Å². The van der Waals surface area contributed by atoms with E-state index in [0.717, 1.165) is 41.9 Å². The Morgan fingerprint density at radius 1 is 0.962 bits per heavy atom. The van der Waals surface area contributed by atoms with Crippen molar-refractivity contribution >= 4 is 10.0 Å². The Hall–Kier alpha value is -1.69. The highest BCUT2D eigenvalue weighted by Gasteiger charge is 2.19. The van der Waals surface area contributed by atoms with Crippen molar-refractivity contribution in [3.05, 3.63) is 64.2 Å². The molecule has 3 rings (SSSR count). The van der Waals surface area contributed by atoms with Gasteiger partial charge >= 0.3 is 0 Å². The number of aryl methyl sites for hydroxylation is 3. The van der Waals surface area contributed by atoms with Crippen molar-refractivity contribution in [1.82, 2.24) is 9.62 Å². The third-order valence-electron chi connectivity index (χ3n) is 4.94. The molecular weight excluding hydrogens is 344 g/mol. The minimum atomic E-state index is -3.53. The molecule has 0 amide bonds. The second kappa shape index (κ2) is 7.91. The van der Waals surface area contributed by atoms with Crippen LogP contribution in [-0.4, -0.2) is 26.4 Å². The number of hydrogen-bond acceptors (Lipinski definition) is 3. The maximum atomic E-state index is 12.8. The Labute approximate surface area is 157 Å². The molecule has 0 saturated carbocycles. The molecular formula is C21H28N2O2S. The molecule has 5 heteroatoms. The Bertz CT molecular complexity index is 862. The number of benzene rings is 2. The fraction of sp³-hybridized carbons (Fsp3) is 0.429. The Morgan fingerprint density at radius 2 is 1.58 bits per heavy atom. The molecule has 1 aliphatic heterocycles. The maximum Gasteiger partial charge on any atom is 0.241 e. The van der Waals surface area contributed by atoms with E-state index in [0.29, 0.717) is 11.4 Å². The highest BCUT2D eigenvalue weighted by atomic mass is 32.2. The van der Waals surface area contributed by atoms with E-state index in [1.807, 2.05) is 45.0 Å². The van der Waals surface area contributed by atoms with Crippen LogP contribution in [0.1, 0.15) is 40.7 Å². The van der Waals surface area contributed by atoms with Crippen LogP contribution >= 0.6 is 0 Å². The lowest BCUT2D eigenvalue weighted by Crippen LogP contribution is -2.25. The van der Waals surface area contributed by atoms with E-state index in [9.17, 15) is 8.42 Å². The van der Waals surface area contributed by atoms with Crippen LogP contribution < -0.4 is 4.72 Å². The molecule has 1 N–H and O–H groups in total. The van der Waals surface area contributed by atoms with Gasteiger partial charge in [0.25, 0.3) is 0 Å². The number of likely N-dealkylation sites (tertiary alicyclic amines) is 1. The van der Waals surface area contributed by atoms with E-state index < -0.39 is 10.0 Å². The van der Waals surface area contributed by atoms with Gasteiger partial charge in [-0.3, -0.25) is 4.90 Å². The maximum absolute atomic E-state index is 12.8. The summed E-state index contributed by atoms with van der Waals surface area (Å²) in [6, 6.07) is 12.0. The van der Waals surface area contributed by atoms with E-state index in [1.165, 1.54) is 18.4 Å². The summed E-state index contributed by atoms with van der Waals surface area (Å²) in [5.41, 5.74) is 4.89. The van der Waals surface area contributed by atoms with Crippen molar-refractivity contribution in [1.29, 1.82) is 0 Å². The van der Waals surface area contributed by atoms with Gasteiger partial charge < -0.3 is 0 Å². The van der Waals surface area contributed by atoms with Gasteiger partial charge in [-0.25, -0.2) is 13.1 Å². The highest BCUT2D eigenvalue weighted by Crippen LogP contribution is 2.22. The van der Waals surface area contributed by atoms with Gasteiger partial charge in [0.15, 0.2) is 0 Å². The fourth-order valence-corrected chi connectivity index (χ4v) is 5.34. The van der Waals surface area contributed by atoms with Gasteiger partial charge in [0.05, 0.1) is 4.90 Å². The Kier molecular flexibility index (Phi) is 5.80. The molecule has 1 fully saturated rings. The first-order valence-corrected chi connectivity index (χ1v) is 10.7. The molecule has 0 spiro atoms. The summed E-state index contributed by atoms with van der Waals surface area (Å²) in [5.74, 6) is 0. The molecule has 0 atom stereocenters. The third kappa shape index (κ3) is 4.53. The van der Waals surface area contributed by atoms with E-state index in [1.54, 1.807) is 0 Å². The molecule has 2 aromatic rings. The second-order valence-electron chi connectivity index (χ2n) is 7.36. The standard InChI is InChI=1S/C21H28N2O2S/c1-16-11-17(2)21(18(3)12-16)26(24,25)22-14-19-7-6-8-20(13-19)15-23-9-4-5-10-23/h6-8,11-13,22H,4-5,9-10,14-15H2,1-3H3. The molecule has 1 heterocycles. The number of nitrogens with zero attached hydrogens (tertiary/aromatic N) is 1. The highest BCUT2D eigenvalue weighted by molar-refractivity contribution is 7.89. The summed E-state index contributed by atoms with van der Waals surface area (Å²) < 4.78 is 28.4. The Balaban J connectivity index is 1.72. The van der Waals surface area contributed by atoms with Crippen molar-refractivity contribution < 1.29 is 8.42 Å². The molecule has 1 saturated heterocycles. The quantitative estimate of drug-likeness (QED) is 0.841. The smallest absolute Gasteiger partial charge is 0.241 e. The largest absolute Gasteiger partial charge is 0.299 e. The Morgan fingerprint density at radius 3 is 2.23 bits per heavy atom. The lowest BCUT2D eigenvalue weighted by atomic mass is 10.1. The molecule has 4 nitrogen and oxygen atoms in total. The summed E-state index contributed by atoms with van der Waals surface area (Å²) in [7, 11) is -3.53. The van der Waals surface area contributed by atoms with Crippen LogP contribution in [0, 0.1) is 20.8 Å². The topological polar surface area (TPSA) is 49.4 Å². The van der Waals surface area contributed by atoms with Crippen LogP contribution in [-0.2, 0) is 23.1 Å². The minimum absolute atomic E-state index is 0.308. The monoisotopic (exact) mass is 372 g/mol. The van der Waals surface area contributed by atoms with Gasteiger partial charge in [0.1, 0.15) is 0 Å². The average Bonchev–Trinajstić information content (AvgIpc) is 3.05. The van der Waals surface area contributed by atoms with Gasteiger partial charge in [-0.05, 0) is 69.0 Å². The van der Waals surface area contributed by atoms with Gasteiger partial charge in [0.2, 0.25) is 10.0 Å². The normalized spacial score (nSPS) is 15.5. The lowest BCUT2D eigenvalue weighted by molar-refractivity contribution is 0.331. The van der Waals surface area contributed by atoms with Crippen molar-refractivity contribution in [2.45, 2.75) is 51.6 Å². The molecule has 1 aliphatic rings. The summed E-state index contributed by atoms with van der Waals surface area (Å²) in [5, 5.41) is 0. The van der Waals surface area contributed by atoms with Gasteiger partial charge in [0, 0.05) is 13.1 Å². The zero-order chi connectivity index (χ0) is 18.7. The predicted octanol–water partition coefficient (Wildman–Crippen LogP) is 3.69. The number of hydrogen-bond donors (Lipinski definition) is 1. The van der Waals surface area contributed by atoms with E-state index >= 15 is 0 Å². The first-order valence-electron chi connectivity index (χ1n) is 9.23. The lowest BCUT2D eigenvalue weighted by Gasteiger charge is -2.16. The van der Waals surface area contributed by atoms with Crippen LogP contribution in [0.4, 0.5) is 0 Å². The first-order chi connectivity index (χ1) is 12.3. The van der Waals surface area contributed by atoms with Gasteiger partial charge in [-0.2, -0.15) is 0 Å². The van der Waals surface area contributed by atoms with E-state index in [4.69, 9.17) is 0 Å². The number of sulfonamides is 1. The summed E-state index contributed by atoms with van der Waals surface area (Å²) in [4.78, 5) is 2.85. The van der Waals surface area contributed by atoms with Crippen molar-refractivity contribution in [3.63, 3.8) is 0 Å². The van der Waals surface area contributed by atoms with Crippen LogP contribution in [0.15, 0.2) is 41.3 Å². The van der Waals surface area contributed by atoms with Crippen LogP contribution in [0.2, 0.25) is 0 Å². The van der Waals surface area contributed by atoms with Crippen LogP contribution in [0.5, 0.6) is 0 Å². The molecule has 0 aromatic heterocycles. The average molecular weight is 373 g/mol. The summed E-state index contributed by atoms with van der Waals surface area (Å²) in [6.45, 7) is 9.25. The van der Waals surface area contributed by atoms with Crippen molar-refractivity contribution in [2.24, 2.45) is 0 Å². The van der Waals surface area contributed by atoms with Crippen molar-refractivity contribution in [2.75, 3.05) is 13.1 Å². The zero-order valence-electron chi connectivity index (χ0n) is 15.9. The number of nitrogens with one attached hydrogen (secondary N) is 1. The zero-order valence-corrected chi connectivity index (χ0v) is 16.7. The molecule has 2 aromatic carbocycles. The van der Waals surface area contributed by atoms with E-state index in [2.05, 4.69) is 21.8 Å². The molecule has 0 unspecified atom stereocenters. The van der Waals surface area contributed by atoms with Gasteiger partial charge in [-0.15, -0.1) is 0 Å². The molecule has 140 valence electrons. The van der Waals surface area contributed by atoms with E-state index in [-0.39, 0.29) is 0 Å². The van der Waals surface area contributed by atoms with Crippen LogP contribution in [0.25, 0.3) is 0 Å². The second-order valence-corrected chi connectivity index (χ2v) is 9.06. The SMILES string of the molecule is Cc1cc(C)c(S(=O)(=O)NCc2cccc(CN3CCCC3)c2)c(C)c1. The molecule has 26 heavy (non-hydrogen) atoms. The fourth-order valence-electron chi connectivity index (χ4n) is 3.88. The van der Waals surface area contributed by atoms with Crippen molar-refractivity contribution in [3.8, 4) is 0 Å². The van der Waals surface area contributed by atoms with Gasteiger partial charge in [-0.1, -0.05) is 42.0 Å². The molecule has 0 aliphatic carbocycles. The molecule has 0 radical (unpaired) electrons.